The summed E-state index contributed by atoms with van der Waals surface area (Å²) in [5, 5.41) is 7.21. The molecule has 1 aliphatic rings. The van der Waals surface area contributed by atoms with E-state index in [2.05, 4.69) is 25.0 Å². The third-order valence-corrected chi connectivity index (χ3v) is 6.18. The molecule has 0 unspecified atom stereocenters. The van der Waals surface area contributed by atoms with Crippen molar-refractivity contribution >= 4 is 50.5 Å². The predicted octanol–water partition coefficient (Wildman–Crippen LogP) is 2.21. The van der Waals surface area contributed by atoms with Crippen LogP contribution in [0.4, 0.5) is 17.1 Å². The number of hydrogen-bond donors (Lipinski definition) is 2. The number of hydrogen-bond acceptors (Lipinski definition) is 7. The minimum absolute atomic E-state index is 0.0723. The Hall–Kier alpha value is -3.64. The van der Waals surface area contributed by atoms with E-state index in [0.29, 0.717) is 37.7 Å². The van der Waals surface area contributed by atoms with Gasteiger partial charge >= 0.3 is 0 Å². The Kier molecular flexibility index (Phi) is 6.94. The molecule has 2 amide bonds. The maximum atomic E-state index is 12.8. The van der Waals surface area contributed by atoms with E-state index in [0.717, 1.165) is 11.9 Å². The Labute approximate surface area is 207 Å². The number of anilines is 3. The van der Waals surface area contributed by atoms with Gasteiger partial charge in [0.15, 0.2) is 5.82 Å². The molecule has 2 N–H and O–H groups in total. The van der Waals surface area contributed by atoms with Crippen molar-refractivity contribution in [2.24, 2.45) is 0 Å². The van der Waals surface area contributed by atoms with Crippen molar-refractivity contribution in [2.45, 2.75) is 6.92 Å². The molecule has 0 saturated carbocycles. The molecule has 1 aromatic carbocycles. The van der Waals surface area contributed by atoms with Crippen LogP contribution in [-0.4, -0.2) is 72.3 Å². The number of carbonyl (C=O) groups is 2. The second-order valence-corrected chi connectivity index (χ2v) is 10.3. The molecular formula is C22H24ClN7O4S. The van der Waals surface area contributed by atoms with Crippen molar-refractivity contribution in [2.75, 3.05) is 47.4 Å². The number of nitrogens with zero attached hydrogens (tertiary/aromatic N) is 5. The first kappa shape index (κ1) is 24.5. The first-order valence-corrected chi connectivity index (χ1v) is 13.0. The molecule has 3 aromatic rings. The van der Waals surface area contributed by atoms with Crippen molar-refractivity contribution in [1.29, 1.82) is 0 Å². The van der Waals surface area contributed by atoms with E-state index >= 15 is 0 Å². The van der Waals surface area contributed by atoms with Crippen LogP contribution in [0.25, 0.3) is 5.82 Å². The topological polar surface area (TPSA) is 130 Å². The summed E-state index contributed by atoms with van der Waals surface area (Å²) in [7, 11) is -3.50. The molecule has 35 heavy (non-hydrogen) atoms. The molecule has 3 heterocycles. The van der Waals surface area contributed by atoms with Gasteiger partial charge in [0.05, 0.1) is 23.7 Å². The normalized spacial score (nSPS) is 14.0. The molecule has 0 bridgehead atoms. The molecule has 11 nitrogen and oxygen atoms in total. The van der Waals surface area contributed by atoms with Crippen molar-refractivity contribution in [3.8, 4) is 5.82 Å². The van der Waals surface area contributed by atoms with E-state index in [-0.39, 0.29) is 22.2 Å². The molecule has 1 aliphatic heterocycles. The Balaban J connectivity index is 1.47. The smallest absolute Gasteiger partial charge is 0.258 e. The summed E-state index contributed by atoms with van der Waals surface area (Å²) in [6.45, 7) is 4.31. The van der Waals surface area contributed by atoms with Crippen LogP contribution in [-0.2, 0) is 14.8 Å². The number of amides is 2. The number of nitrogens with one attached hydrogen (secondary N) is 2. The number of halogens is 1. The van der Waals surface area contributed by atoms with Crippen LogP contribution in [0, 0.1) is 0 Å². The summed E-state index contributed by atoms with van der Waals surface area (Å²) in [6, 6.07) is 8.18. The minimum Gasteiger partial charge on any atom is -0.368 e. The third kappa shape index (κ3) is 6.28. The number of benzene rings is 1. The number of aromatic nitrogens is 3. The number of pyridine rings is 1. The van der Waals surface area contributed by atoms with Crippen molar-refractivity contribution in [1.82, 2.24) is 19.7 Å². The molecular weight excluding hydrogens is 494 g/mol. The predicted molar refractivity (Wildman–Crippen MR) is 134 cm³/mol. The van der Waals surface area contributed by atoms with Gasteiger partial charge in [-0.1, -0.05) is 11.6 Å². The highest BCUT2D eigenvalue weighted by Crippen LogP contribution is 2.24. The third-order valence-electron chi connectivity index (χ3n) is 5.36. The van der Waals surface area contributed by atoms with Crippen LogP contribution >= 0.6 is 11.6 Å². The van der Waals surface area contributed by atoms with Gasteiger partial charge in [0.2, 0.25) is 15.9 Å². The molecule has 1 saturated heterocycles. The Morgan fingerprint density at radius 2 is 1.77 bits per heavy atom. The number of sulfonamides is 1. The SMILES string of the molecule is CC(=O)N1CCN(c2ccnc(-n3cc(C(=O)Nc4cc(Cl)cc(NS(C)(=O)=O)c4)cn3)c2)CC1. The van der Waals surface area contributed by atoms with E-state index in [9.17, 15) is 18.0 Å². The maximum absolute atomic E-state index is 12.8. The van der Waals surface area contributed by atoms with Gasteiger partial charge in [-0.25, -0.2) is 18.1 Å². The van der Waals surface area contributed by atoms with Crippen molar-refractivity contribution in [3.63, 3.8) is 0 Å². The average molecular weight is 518 g/mol. The molecule has 1 fully saturated rings. The van der Waals surface area contributed by atoms with Gasteiger partial charge in [0.1, 0.15) is 0 Å². The second-order valence-electron chi connectivity index (χ2n) is 8.10. The van der Waals surface area contributed by atoms with Crippen LogP contribution in [0.2, 0.25) is 5.02 Å². The molecule has 184 valence electrons. The van der Waals surface area contributed by atoms with Crippen molar-refractivity contribution in [3.05, 3.63) is 59.5 Å². The molecule has 0 aliphatic carbocycles. The zero-order chi connectivity index (χ0) is 25.2. The van der Waals surface area contributed by atoms with Gasteiger partial charge in [0.25, 0.3) is 5.91 Å². The van der Waals surface area contributed by atoms with E-state index in [1.165, 1.54) is 29.1 Å². The van der Waals surface area contributed by atoms with Crippen LogP contribution in [0.5, 0.6) is 0 Å². The lowest BCUT2D eigenvalue weighted by atomic mass is 10.2. The first-order valence-electron chi connectivity index (χ1n) is 10.7. The first-order chi connectivity index (χ1) is 16.6. The van der Waals surface area contributed by atoms with Gasteiger partial charge in [0, 0.05) is 68.0 Å². The Bertz CT molecular complexity index is 1370. The van der Waals surface area contributed by atoms with Gasteiger partial charge < -0.3 is 15.1 Å². The van der Waals surface area contributed by atoms with Gasteiger partial charge in [-0.2, -0.15) is 5.10 Å². The summed E-state index contributed by atoms with van der Waals surface area (Å²) < 4.78 is 26.8. The molecule has 0 radical (unpaired) electrons. The number of rotatable bonds is 6. The summed E-state index contributed by atoms with van der Waals surface area (Å²) in [5.74, 6) is 0.168. The lowest BCUT2D eigenvalue weighted by Crippen LogP contribution is -2.48. The highest BCUT2D eigenvalue weighted by molar-refractivity contribution is 7.92. The van der Waals surface area contributed by atoms with Gasteiger partial charge in [-0.05, 0) is 24.3 Å². The standard InChI is InChI=1S/C22H24ClN7O4S/c1-15(31)28-5-7-29(8-6-28)20-3-4-24-21(12-20)30-14-16(13-25-30)22(32)26-18-9-17(23)10-19(11-18)27-35(2,33)34/h3-4,9-14,27H,5-8H2,1-2H3,(H,26,32). The monoisotopic (exact) mass is 517 g/mol. The summed E-state index contributed by atoms with van der Waals surface area (Å²) in [4.78, 5) is 32.7. The fraction of sp³-hybridized carbons (Fsp3) is 0.273. The molecule has 0 spiro atoms. The highest BCUT2D eigenvalue weighted by atomic mass is 35.5. The minimum atomic E-state index is -3.50. The highest BCUT2D eigenvalue weighted by Gasteiger charge is 2.19. The van der Waals surface area contributed by atoms with E-state index in [1.54, 1.807) is 19.3 Å². The lowest BCUT2D eigenvalue weighted by molar-refractivity contribution is -0.129. The van der Waals surface area contributed by atoms with Gasteiger partial charge in [-0.3, -0.25) is 14.3 Å². The summed E-state index contributed by atoms with van der Waals surface area (Å²) in [6.07, 6.45) is 5.66. The number of carbonyl (C=O) groups excluding carboxylic acids is 2. The molecule has 2 aromatic heterocycles. The van der Waals surface area contributed by atoms with E-state index in [4.69, 9.17) is 11.6 Å². The fourth-order valence-corrected chi connectivity index (χ4v) is 4.49. The van der Waals surface area contributed by atoms with Crippen LogP contribution in [0.3, 0.4) is 0 Å². The Morgan fingerprint density at radius 3 is 2.46 bits per heavy atom. The van der Waals surface area contributed by atoms with Crippen molar-refractivity contribution < 1.29 is 18.0 Å². The summed E-state index contributed by atoms with van der Waals surface area (Å²) >= 11 is 6.06. The average Bonchev–Trinajstić information content (AvgIpc) is 3.28. The molecule has 0 atom stereocenters. The van der Waals surface area contributed by atoms with Crippen LogP contribution in [0.1, 0.15) is 17.3 Å². The lowest BCUT2D eigenvalue weighted by Gasteiger charge is -2.35. The van der Waals surface area contributed by atoms with Gasteiger partial charge in [-0.15, -0.1) is 0 Å². The molecule has 4 rings (SSSR count). The largest absolute Gasteiger partial charge is 0.368 e. The second kappa shape index (κ2) is 9.92. The fourth-order valence-electron chi connectivity index (χ4n) is 3.71. The quantitative estimate of drug-likeness (QED) is 0.512. The maximum Gasteiger partial charge on any atom is 0.258 e. The van der Waals surface area contributed by atoms with E-state index in [1.807, 2.05) is 17.0 Å². The van der Waals surface area contributed by atoms with Crippen LogP contribution in [0.15, 0.2) is 48.9 Å². The zero-order valence-corrected chi connectivity index (χ0v) is 20.7. The van der Waals surface area contributed by atoms with Crippen LogP contribution < -0.4 is 14.9 Å². The molecule has 13 heteroatoms. The zero-order valence-electron chi connectivity index (χ0n) is 19.1. The summed E-state index contributed by atoms with van der Waals surface area (Å²) in [5.41, 5.74) is 1.79. The van der Waals surface area contributed by atoms with E-state index < -0.39 is 15.9 Å². The number of piperazine rings is 1. The Morgan fingerprint density at radius 1 is 1.06 bits per heavy atom.